The number of anilines is 2. The molecule has 3 rings (SSSR count). The summed E-state index contributed by atoms with van der Waals surface area (Å²) in [4.78, 5) is 35.7. The highest BCUT2D eigenvalue weighted by Gasteiger charge is 2.23. The van der Waals surface area contributed by atoms with Crippen molar-refractivity contribution in [3.8, 4) is 5.75 Å². The second-order valence-corrected chi connectivity index (χ2v) is 6.79. The summed E-state index contributed by atoms with van der Waals surface area (Å²) in [6.45, 7) is 1.39. The number of hydrogen-bond donors (Lipinski definition) is 3. The molecule has 0 spiro atoms. The van der Waals surface area contributed by atoms with Gasteiger partial charge in [-0.05, 0) is 48.7 Å². The van der Waals surface area contributed by atoms with Gasteiger partial charge >= 0.3 is 0 Å². The van der Waals surface area contributed by atoms with Gasteiger partial charge in [0, 0.05) is 30.7 Å². The number of ether oxygens (including phenoxy) is 1. The van der Waals surface area contributed by atoms with Crippen molar-refractivity contribution in [3.05, 3.63) is 59.7 Å². The molecule has 1 fully saturated rings. The molecule has 0 bridgehead atoms. The zero-order chi connectivity index (χ0) is 20.8. The van der Waals surface area contributed by atoms with Crippen LogP contribution in [0.1, 0.15) is 35.7 Å². The molecule has 7 heteroatoms. The Hall–Kier alpha value is -3.61. The van der Waals surface area contributed by atoms with E-state index in [1.54, 1.807) is 48.5 Å². The van der Waals surface area contributed by atoms with Gasteiger partial charge in [0.2, 0.25) is 11.8 Å². The van der Waals surface area contributed by atoms with Gasteiger partial charge in [-0.25, -0.2) is 0 Å². The van der Waals surface area contributed by atoms with E-state index in [0.717, 1.165) is 18.4 Å². The molecule has 0 atom stereocenters. The fourth-order valence-corrected chi connectivity index (χ4v) is 2.64. The number of hydrogen-bond acceptors (Lipinski definition) is 4. The van der Waals surface area contributed by atoms with E-state index in [9.17, 15) is 14.4 Å². The smallest absolute Gasteiger partial charge is 0.251 e. The lowest BCUT2D eigenvalue weighted by Gasteiger charge is -2.12. The summed E-state index contributed by atoms with van der Waals surface area (Å²) in [5, 5.41) is 8.34. The second kappa shape index (κ2) is 9.05. The minimum Gasteiger partial charge on any atom is -0.497 e. The first-order chi connectivity index (χ1) is 13.9. The van der Waals surface area contributed by atoms with Gasteiger partial charge in [0.15, 0.2) is 0 Å². The number of carbonyl (C=O) groups is 3. The van der Waals surface area contributed by atoms with Gasteiger partial charge in [0.1, 0.15) is 5.75 Å². The Labute approximate surface area is 169 Å². The third-order valence-corrected chi connectivity index (χ3v) is 4.31. The van der Waals surface area contributed by atoms with Crippen molar-refractivity contribution >= 4 is 35.2 Å². The van der Waals surface area contributed by atoms with Crippen LogP contribution in [0, 0.1) is 0 Å². The minimum absolute atomic E-state index is 0.0794. The number of benzene rings is 2. The summed E-state index contributed by atoms with van der Waals surface area (Å²) in [5.41, 5.74) is 2.29. The normalized spacial score (nSPS) is 13.0. The maximum absolute atomic E-state index is 12.3. The summed E-state index contributed by atoms with van der Waals surface area (Å²) in [5.74, 6) is -0.129. The van der Waals surface area contributed by atoms with Crippen LogP contribution in [-0.4, -0.2) is 30.9 Å². The standard InChI is InChI=1S/C22H23N3O4/c1-14(26)23-19-11-10-18(29-2)13-20(19)25-21(27)12-5-15-3-6-16(7-4-15)22(28)24-17-8-9-17/h3-7,10-13,17H,8-9H2,1-2H3,(H,23,26)(H,24,28)(H,25,27)/b12-5+. The molecule has 2 aromatic carbocycles. The maximum atomic E-state index is 12.3. The van der Waals surface area contributed by atoms with Crippen molar-refractivity contribution in [2.45, 2.75) is 25.8 Å². The molecule has 0 aliphatic heterocycles. The van der Waals surface area contributed by atoms with Gasteiger partial charge < -0.3 is 20.7 Å². The molecule has 0 radical (unpaired) electrons. The number of amides is 3. The Balaban J connectivity index is 1.64. The van der Waals surface area contributed by atoms with Crippen molar-refractivity contribution < 1.29 is 19.1 Å². The summed E-state index contributed by atoms with van der Waals surface area (Å²) < 4.78 is 5.17. The van der Waals surface area contributed by atoms with Crippen LogP contribution in [0.5, 0.6) is 5.75 Å². The average Bonchev–Trinajstić information content (AvgIpc) is 3.51. The number of rotatable bonds is 7. The fraction of sp³-hybridized carbons (Fsp3) is 0.227. The highest BCUT2D eigenvalue weighted by molar-refractivity contribution is 6.05. The van der Waals surface area contributed by atoms with E-state index >= 15 is 0 Å². The molecule has 29 heavy (non-hydrogen) atoms. The molecule has 7 nitrogen and oxygen atoms in total. The van der Waals surface area contributed by atoms with Crippen LogP contribution in [0.25, 0.3) is 6.08 Å². The molecule has 0 saturated heterocycles. The molecule has 0 unspecified atom stereocenters. The average molecular weight is 393 g/mol. The monoisotopic (exact) mass is 393 g/mol. The molecule has 150 valence electrons. The molecule has 1 saturated carbocycles. The Kier molecular flexibility index (Phi) is 6.29. The maximum Gasteiger partial charge on any atom is 0.251 e. The zero-order valence-electron chi connectivity index (χ0n) is 16.3. The first-order valence-corrected chi connectivity index (χ1v) is 9.30. The largest absolute Gasteiger partial charge is 0.497 e. The van der Waals surface area contributed by atoms with Gasteiger partial charge in [-0.3, -0.25) is 14.4 Å². The van der Waals surface area contributed by atoms with Crippen LogP contribution in [0.3, 0.4) is 0 Å². The van der Waals surface area contributed by atoms with Crippen LogP contribution >= 0.6 is 0 Å². The fourth-order valence-electron chi connectivity index (χ4n) is 2.64. The molecule has 3 N–H and O–H groups in total. The van der Waals surface area contributed by atoms with Crippen LogP contribution < -0.4 is 20.7 Å². The first-order valence-electron chi connectivity index (χ1n) is 9.30. The van der Waals surface area contributed by atoms with E-state index < -0.39 is 0 Å². The van der Waals surface area contributed by atoms with Crippen molar-refractivity contribution in [1.82, 2.24) is 5.32 Å². The van der Waals surface area contributed by atoms with Crippen LogP contribution in [0.15, 0.2) is 48.5 Å². The van der Waals surface area contributed by atoms with Crippen molar-refractivity contribution in [3.63, 3.8) is 0 Å². The number of nitrogens with one attached hydrogen (secondary N) is 3. The molecule has 1 aliphatic rings. The number of carbonyl (C=O) groups excluding carboxylic acids is 3. The lowest BCUT2D eigenvalue weighted by atomic mass is 10.1. The van der Waals surface area contributed by atoms with Crippen LogP contribution in [0.4, 0.5) is 11.4 Å². The van der Waals surface area contributed by atoms with E-state index in [4.69, 9.17) is 4.74 Å². The Morgan fingerprint density at radius 2 is 1.72 bits per heavy atom. The van der Waals surface area contributed by atoms with Crippen molar-refractivity contribution in [2.75, 3.05) is 17.7 Å². The topological polar surface area (TPSA) is 96.5 Å². The van der Waals surface area contributed by atoms with Gasteiger partial charge in [-0.1, -0.05) is 12.1 Å². The Morgan fingerprint density at radius 3 is 2.34 bits per heavy atom. The van der Waals surface area contributed by atoms with Gasteiger partial charge in [0.25, 0.3) is 5.91 Å². The van der Waals surface area contributed by atoms with Gasteiger partial charge in [-0.15, -0.1) is 0 Å². The molecule has 0 aromatic heterocycles. The Morgan fingerprint density at radius 1 is 1.00 bits per heavy atom. The van der Waals surface area contributed by atoms with E-state index in [0.29, 0.717) is 28.7 Å². The Bertz CT molecular complexity index is 947. The lowest BCUT2D eigenvalue weighted by Crippen LogP contribution is -2.25. The van der Waals surface area contributed by atoms with E-state index in [1.165, 1.54) is 20.1 Å². The predicted molar refractivity (Wildman–Crippen MR) is 112 cm³/mol. The lowest BCUT2D eigenvalue weighted by molar-refractivity contribution is -0.114. The summed E-state index contributed by atoms with van der Waals surface area (Å²) in [6, 6.07) is 12.3. The molecular weight excluding hydrogens is 370 g/mol. The second-order valence-electron chi connectivity index (χ2n) is 6.79. The number of methoxy groups -OCH3 is 1. The van der Waals surface area contributed by atoms with E-state index in [-0.39, 0.29) is 17.7 Å². The summed E-state index contributed by atoms with van der Waals surface area (Å²) in [7, 11) is 1.52. The van der Waals surface area contributed by atoms with Crippen molar-refractivity contribution in [1.29, 1.82) is 0 Å². The SMILES string of the molecule is COc1ccc(NC(C)=O)c(NC(=O)/C=C/c2ccc(C(=O)NC3CC3)cc2)c1. The van der Waals surface area contributed by atoms with Gasteiger partial charge in [-0.2, -0.15) is 0 Å². The quantitative estimate of drug-likeness (QED) is 0.630. The highest BCUT2D eigenvalue weighted by atomic mass is 16.5. The molecule has 2 aromatic rings. The summed E-state index contributed by atoms with van der Waals surface area (Å²) in [6.07, 6.45) is 5.11. The molecule has 0 heterocycles. The molecule has 3 amide bonds. The van der Waals surface area contributed by atoms with Crippen LogP contribution in [0.2, 0.25) is 0 Å². The van der Waals surface area contributed by atoms with Gasteiger partial charge in [0.05, 0.1) is 18.5 Å². The zero-order valence-corrected chi connectivity index (χ0v) is 16.3. The third-order valence-electron chi connectivity index (χ3n) is 4.31. The first kappa shape index (κ1) is 20.1. The summed E-state index contributed by atoms with van der Waals surface area (Å²) >= 11 is 0. The molecular formula is C22H23N3O4. The minimum atomic E-state index is -0.361. The third kappa shape index (κ3) is 5.93. The molecule has 1 aliphatic carbocycles. The van der Waals surface area contributed by atoms with E-state index in [1.807, 2.05) is 0 Å². The van der Waals surface area contributed by atoms with E-state index in [2.05, 4.69) is 16.0 Å². The highest BCUT2D eigenvalue weighted by Crippen LogP contribution is 2.27. The van der Waals surface area contributed by atoms with Crippen molar-refractivity contribution in [2.24, 2.45) is 0 Å². The predicted octanol–water partition coefficient (Wildman–Crippen LogP) is 3.20. The van der Waals surface area contributed by atoms with Crippen LogP contribution in [-0.2, 0) is 9.59 Å².